The maximum atomic E-state index is 4.42. The van der Waals surface area contributed by atoms with Crippen LogP contribution in [0, 0.1) is 0 Å². The van der Waals surface area contributed by atoms with Crippen molar-refractivity contribution < 1.29 is 0 Å². The SMILES string of the molecule is CC(c1ccc2nccnc2c1)N1CCc2cn[nH]c2CC1. The van der Waals surface area contributed by atoms with Crippen LogP contribution in [0.4, 0.5) is 0 Å². The van der Waals surface area contributed by atoms with Gasteiger partial charge in [-0.3, -0.25) is 20.0 Å². The second-order valence-electron chi connectivity index (χ2n) is 5.89. The smallest absolute Gasteiger partial charge is 0.0890 e. The summed E-state index contributed by atoms with van der Waals surface area (Å²) in [7, 11) is 0. The third kappa shape index (κ3) is 2.37. The van der Waals surface area contributed by atoms with Crippen LogP contribution in [0.5, 0.6) is 0 Å². The Labute approximate surface area is 129 Å². The van der Waals surface area contributed by atoms with Crippen molar-refractivity contribution in [3.05, 3.63) is 53.6 Å². The van der Waals surface area contributed by atoms with E-state index in [2.05, 4.69) is 50.2 Å². The van der Waals surface area contributed by atoms with Gasteiger partial charge in [0.2, 0.25) is 0 Å². The van der Waals surface area contributed by atoms with Crippen LogP contribution >= 0.6 is 0 Å². The molecule has 1 N–H and O–H groups in total. The van der Waals surface area contributed by atoms with E-state index in [-0.39, 0.29) is 0 Å². The molecule has 2 aromatic heterocycles. The number of aromatic amines is 1. The molecule has 1 aliphatic rings. The van der Waals surface area contributed by atoms with Gasteiger partial charge in [-0.15, -0.1) is 0 Å². The minimum absolute atomic E-state index is 0.378. The van der Waals surface area contributed by atoms with E-state index >= 15 is 0 Å². The third-order valence-corrected chi connectivity index (χ3v) is 4.65. The van der Waals surface area contributed by atoms with E-state index in [9.17, 15) is 0 Å². The summed E-state index contributed by atoms with van der Waals surface area (Å²) in [5, 5.41) is 7.28. The van der Waals surface area contributed by atoms with Gasteiger partial charge in [0.15, 0.2) is 0 Å². The molecule has 22 heavy (non-hydrogen) atoms. The van der Waals surface area contributed by atoms with Crippen LogP contribution in [-0.4, -0.2) is 38.2 Å². The Hall–Kier alpha value is -2.27. The molecular weight excluding hydrogens is 274 g/mol. The summed E-state index contributed by atoms with van der Waals surface area (Å²) in [6, 6.07) is 6.79. The number of H-pyrrole nitrogens is 1. The zero-order chi connectivity index (χ0) is 14.9. The highest BCUT2D eigenvalue weighted by Crippen LogP contribution is 2.25. The van der Waals surface area contributed by atoms with Crippen LogP contribution in [0.15, 0.2) is 36.8 Å². The van der Waals surface area contributed by atoms with Crippen molar-refractivity contribution in [2.75, 3.05) is 13.1 Å². The van der Waals surface area contributed by atoms with E-state index in [1.165, 1.54) is 16.8 Å². The highest BCUT2D eigenvalue weighted by molar-refractivity contribution is 5.74. The molecule has 1 aromatic carbocycles. The Bertz CT molecular complexity index is 772. The molecule has 3 heterocycles. The summed E-state index contributed by atoms with van der Waals surface area (Å²) in [4.78, 5) is 11.3. The number of fused-ring (bicyclic) bond motifs is 2. The van der Waals surface area contributed by atoms with E-state index in [1.54, 1.807) is 12.4 Å². The van der Waals surface area contributed by atoms with E-state index in [1.807, 2.05) is 6.20 Å². The molecule has 0 spiro atoms. The molecule has 0 radical (unpaired) electrons. The fourth-order valence-electron chi connectivity index (χ4n) is 3.24. The van der Waals surface area contributed by atoms with Gasteiger partial charge in [0, 0.05) is 43.6 Å². The normalized spacial score (nSPS) is 17.1. The van der Waals surface area contributed by atoms with Crippen LogP contribution in [0.3, 0.4) is 0 Å². The fraction of sp³-hybridized carbons (Fsp3) is 0.353. The first-order valence-electron chi connectivity index (χ1n) is 7.77. The zero-order valence-electron chi connectivity index (χ0n) is 12.7. The standard InChI is InChI=1S/C17H19N5/c1-12(13-2-3-16-17(10-13)19-7-6-18-16)22-8-4-14-11-20-21-15(14)5-9-22/h2-3,6-7,10-12H,4-5,8-9H2,1H3,(H,20,21). The predicted molar refractivity (Wildman–Crippen MR) is 85.5 cm³/mol. The first-order valence-corrected chi connectivity index (χ1v) is 7.77. The zero-order valence-corrected chi connectivity index (χ0v) is 12.7. The number of nitrogens with one attached hydrogen (secondary N) is 1. The number of rotatable bonds is 2. The van der Waals surface area contributed by atoms with Crippen LogP contribution in [-0.2, 0) is 12.8 Å². The highest BCUT2D eigenvalue weighted by Gasteiger charge is 2.20. The molecule has 5 nitrogen and oxygen atoms in total. The molecular formula is C17H19N5. The maximum Gasteiger partial charge on any atom is 0.0890 e. The van der Waals surface area contributed by atoms with Crippen LogP contribution < -0.4 is 0 Å². The lowest BCUT2D eigenvalue weighted by molar-refractivity contribution is 0.220. The third-order valence-electron chi connectivity index (χ3n) is 4.65. The van der Waals surface area contributed by atoms with Gasteiger partial charge in [0.05, 0.1) is 17.2 Å². The summed E-state index contributed by atoms with van der Waals surface area (Å²) >= 11 is 0. The Morgan fingerprint density at radius 3 is 2.82 bits per heavy atom. The lowest BCUT2D eigenvalue weighted by Gasteiger charge is -2.28. The molecule has 0 bridgehead atoms. The minimum atomic E-state index is 0.378. The summed E-state index contributed by atoms with van der Waals surface area (Å²) in [6.07, 6.45) is 7.55. The Kier molecular flexibility index (Phi) is 3.35. The molecule has 4 rings (SSSR count). The number of nitrogens with zero attached hydrogens (tertiary/aromatic N) is 4. The van der Waals surface area contributed by atoms with Gasteiger partial charge in [0.1, 0.15) is 0 Å². The lowest BCUT2D eigenvalue weighted by Crippen LogP contribution is -2.29. The number of hydrogen-bond donors (Lipinski definition) is 1. The summed E-state index contributed by atoms with van der Waals surface area (Å²) in [5.74, 6) is 0. The lowest BCUT2D eigenvalue weighted by atomic mass is 10.1. The van der Waals surface area contributed by atoms with E-state index in [0.29, 0.717) is 6.04 Å². The first kappa shape index (κ1) is 13.4. The van der Waals surface area contributed by atoms with Crippen molar-refractivity contribution in [2.24, 2.45) is 0 Å². The number of aromatic nitrogens is 4. The second kappa shape index (κ2) is 5.50. The summed E-state index contributed by atoms with van der Waals surface area (Å²) in [6.45, 7) is 4.39. The predicted octanol–water partition coefficient (Wildman–Crippen LogP) is 2.51. The first-order chi connectivity index (χ1) is 10.8. The van der Waals surface area contributed by atoms with E-state index in [4.69, 9.17) is 0 Å². The van der Waals surface area contributed by atoms with E-state index in [0.717, 1.165) is 37.0 Å². The largest absolute Gasteiger partial charge is 0.296 e. The fourth-order valence-corrected chi connectivity index (χ4v) is 3.24. The molecule has 1 unspecified atom stereocenters. The van der Waals surface area contributed by atoms with Gasteiger partial charge < -0.3 is 0 Å². The van der Waals surface area contributed by atoms with Gasteiger partial charge in [-0.2, -0.15) is 5.10 Å². The molecule has 1 atom stereocenters. The highest BCUT2D eigenvalue weighted by atomic mass is 15.2. The molecule has 0 fully saturated rings. The Morgan fingerprint density at radius 2 is 1.91 bits per heavy atom. The molecule has 112 valence electrons. The average Bonchev–Trinajstić information content (AvgIpc) is 2.92. The van der Waals surface area contributed by atoms with Gasteiger partial charge in [-0.1, -0.05) is 6.07 Å². The number of hydrogen-bond acceptors (Lipinski definition) is 4. The average molecular weight is 293 g/mol. The van der Waals surface area contributed by atoms with Crippen molar-refractivity contribution in [1.29, 1.82) is 0 Å². The van der Waals surface area contributed by atoms with Gasteiger partial charge in [-0.25, -0.2) is 0 Å². The molecule has 0 amide bonds. The Balaban J connectivity index is 1.57. The van der Waals surface area contributed by atoms with Crippen LogP contribution in [0.1, 0.15) is 29.8 Å². The van der Waals surface area contributed by atoms with Crippen molar-refractivity contribution in [1.82, 2.24) is 25.1 Å². The second-order valence-corrected chi connectivity index (χ2v) is 5.89. The van der Waals surface area contributed by atoms with Crippen molar-refractivity contribution >= 4 is 11.0 Å². The van der Waals surface area contributed by atoms with Gasteiger partial charge >= 0.3 is 0 Å². The molecule has 0 aliphatic carbocycles. The van der Waals surface area contributed by atoms with Crippen molar-refractivity contribution in [3.63, 3.8) is 0 Å². The van der Waals surface area contributed by atoms with Gasteiger partial charge in [0.25, 0.3) is 0 Å². The van der Waals surface area contributed by atoms with Crippen LogP contribution in [0.2, 0.25) is 0 Å². The Morgan fingerprint density at radius 1 is 1.09 bits per heavy atom. The topological polar surface area (TPSA) is 57.7 Å². The van der Waals surface area contributed by atoms with E-state index < -0.39 is 0 Å². The van der Waals surface area contributed by atoms with Crippen molar-refractivity contribution in [3.8, 4) is 0 Å². The van der Waals surface area contributed by atoms with Crippen LogP contribution in [0.25, 0.3) is 11.0 Å². The molecule has 3 aromatic rings. The molecule has 1 aliphatic heterocycles. The quantitative estimate of drug-likeness (QED) is 0.789. The number of benzene rings is 1. The van der Waals surface area contributed by atoms with Gasteiger partial charge in [-0.05, 0) is 36.6 Å². The monoisotopic (exact) mass is 293 g/mol. The molecule has 5 heteroatoms. The van der Waals surface area contributed by atoms with Crippen molar-refractivity contribution in [2.45, 2.75) is 25.8 Å². The summed E-state index contributed by atoms with van der Waals surface area (Å²) in [5.41, 5.74) is 5.88. The molecule has 0 saturated carbocycles. The summed E-state index contributed by atoms with van der Waals surface area (Å²) < 4.78 is 0. The minimum Gasteiger partial charge on any atom is -0.296 e. The maximum absolute atomic E-state index is 4.42. The molecule has 0 saturated heterocycles.